The summed E-state index contributed by atoms with van der Waals surface area (Å²) in [7, 11) is 0. The Kier molecular flexibility index (Phi) is 4.01. The highest BCUT2D eigenvalue weighted by Gasteiger charge is 2.12. The van der Waals surface area contributed by atoms with Crippen molar-refractivity contribution in [1.29, 1.82) is 0 Å². The second-order valence-corrected chi connectivity index (χ2v) is 6.25. The number of aryl methyl sites for hydroxylation is 1. The molecule has 0 spiro atoms. The van der Waals surface area contributed by atoms with Crippen molar-refractivity contribution in [3.8, 4) is 11.4 Å². The monoisotopic (exact) mass is 358 g/mol. The molecule has 6 nitrogen and oxygen atoms in total. The average molecular weight is 358 g/mol. The van der Waals surface area contributed by atoms with Crippen LogP contribution in [0.4, 0.5) is 0 Å². The van der Waals surface area contributed by atoms with E-state index in [0.717, 1.165) is 5.69 Å². The van der Waals surface area contributed by atoms with Gasteiger partial charge >= 0.3 is 0 Å². The van der Waals surface area contributed by atoms with Crippen molar-refractivity contribution in [2.75, 3.05) is 0 Å². The molecule has 0 aliphatic carbocycles. The van der Waals surface area contributed by atoms with E-state index in [1.807, 2.05) is 60.7 Å². The van der Waals surface area contributed by atoms with Gasteiger partial charge in [0.2, 0.25) is 0 Å². The molecule has 6 heteroatoms. The van der Waals surface area contributed by atoms with Gasteiger partial charge in [-0.3, -0.25) is 19.8 Å². The highest BCUT2D eigenvalue weighted by molar-refractivity contribution is 5.52. The van der Waals surface area contributed by atoms with Gasteiger partial charge in [0.05, 0.1) is 27.5 Å². The number of nitrogens with zero attached hydrogens (tertiary/aromatic N) is 2. The van der Waals surface area contributed by atoms with E-state index in [2.05, 4.69) is 16.8 Å². The Morgan fingerprint density at radius 1 is 0.815 bits per heavy atom. The molecule has 27 heavy (non-hydrogen) atoms. The molecule has 0 unspecified atom stereocenters. The second-order valence-electron chi connectivity index (χ2n) is 6.25. The Morgan fingerprint density at radius 3 is 1.89 bits per heavy atom. The third kappa shape index (κ3) is 2.87. The summed E-state index contributed by atoms with van der Waals surface area (Å²) >= 11 is 0. The van der Waals surface area contributed by atoms with Gasteiger partial charge in [-0.2, -0.15) is 0 Å². The summed E-state index contributed by atoms with van der Waals surface area (Å²) in [5.74, 6) is 0. The molecule has 0 saturated carbocycles. The first kappa shape index (κ1) is 16.7. The quantitative estimate of drug-likeness (QED) is 0.577. The number of benzene rings is 2. The van der Waals surface area contributed by atoms with E-state index in [4.69, 9.17) is 0 Å². The van der Waals surface area contributed by atoms with E-state index in [1.54, 1.807) is 13.0 Å². The van der Waals surface area contributed by atoms with Crippen molar-refractivity contribution in [1.82, 2.24) is 19.6 Å². The number of nitrogens with one attached hydrogen (secondary N) is 2. The Balaban J connectivity index is 1.91. The van der Waals surface area contributed by atoms with Crippen LogP contribution in [0.3, 0.4) is 0 Å². The van der Waals surface area contributed by atoms with Crippen LogP contribution in [0.25, 0.3) is 24.0 Å². The Bertz CT molecular complexity index is 1320. The summed E-state index contributed by atoms with van der Waals surface area (Å²) in [6.07, 6.45) is 1.59. The van der Waals surface area contributed by atoms with Gasteiger partial charge in [-0.05, 0) is 37.3 Å². The maximum absolute atomic E-state index is 12.9. The molecule has 134 valence electrons. The van der Waals surface area contributed by atoms with Crippen molar-refractivity contribution in [3.63, 3.8) is 0 Å². The molecular weight excluding hydrogens is 340 g/mol. The first-order valence-electron chi connectivity index (χ1n) is 8.50. The number of H-pyrrole nitrogens is 2. The minimum absolute atomic E-state index is 0.218. The molecule has 0 aliphatic heterocycles. The molecule has 4 aromatic rings. The van der Waals surface area contributed by atoms with Gasteiger partial charge in [-0.15, -0.1) is 0 Å². The van der Waals surface area contributed by atoms with Crippen LogP contribution in [0.1, 0.15) is 11.3 Å². The number of aromatic nitrogens is 4. The number of hydrogen-bond acceptors (Lipinski definition) is 2. The zero-order chi connectivity index (χ0) is 19.0. The molecule has 2 heterocycles. The fourth-order valence-electron chi connectivity index (χ4n) is 3.04. The fraction of sp³-hybridized carbons (Fsp3) is 0.0476. The molecule has 2 aromatic carbocycles. The lowest BCUT2D eigenvalue weighted by molar-refractivity contribution is 0.835. The van der Waals surface area contributed by atoms with Gasteiger partial charge in [-0.25, -0.2) is 9.36 Å². The van der Waals surface area contributed by atoms with E-state index < -0.39 is 0 Å². The summed E-state index contributed by atoms with van der Waals surface area (Å²) in [5.41, 5.74) is 2.08. The first-order valence-corrected chi connectivity index (χ1v) is 8.50. The second kappa shape index (κ2) is 6.49. The van der Waals surface area contributed by atoms with Crippen molar-refractivity contribution in [2.45, 2.75) is 6.92 Å². The lowest BCUT2D eigenvalue weighted by Crippen LogP contribution is -2.34. The largest absolute Gasteiger partial charge is 0.295 e. The molecule has 0 bridgehead atoms. The zero-order valence-electron chi connectivity index (χ0n) is 14.8. The summed E-state index contributed by atoms with van der Waals surface area (Å²) in [5, 5.41) is 6.84. The van der Waals surface area contributed by atoms with Gasteiger partial charge < -0.3 is 0 Å². The number of rotatable bonds is 3. The van der Waals surface area contributed by atoms with Crippen LogP contribution in [0, 0.1) is 6.92 Å². The van der Waals surface area contributed by atoms with Crippen LogP contribution in [-0.2, 0) is 0 Å². The van der Waals surface area contributed by atoms with Crippen LogP contribution < -0.4 is 21.7 Å². The smallest absolute Gasteiger partial charge is 0.279 e. The van der Waals surface area contributed by atoms with Gasteiger partial charge in [0.1, 0.15) is 0 Å². The topological polar surface area (TPSA) is 75.6 Å². The van der Waals surface area contributed by atoms with E-state index in [-0.39, 0.29) is 11.1 Å². The number of hydrogen-bond donors (Lipinski definition) is 2. The van der Waals surface area contributed by atoms with Crippen molar-refractivity contribution >= 4 is 12.7 Å². The van der Waals surface area contributed by atoms with E-state index >= 15 is 0 Å². The minimum Gasteiger partial charge on any atom is -0.295 e. The normalized spacial score (nSPS) is 11.8. The van der Waals surface area contributed by atoms with Crippen molar-refractivity contribution in [3.05, 3.63) is 103 Å². The Morgan fingerprint density at radius 2 is 1.33 bits per heavy atom. The van der Waals surface area contributed by atoms with Crippen LogP contribution in [0.5, 0.6) is 0 Å². The molecule has 0 saturated heterocycles. The van der Waals surface area contributed by atoms with Crippen LogP contribution in [0.15, 0.2) is 70.3 Å². The van der Waals surface area contributed by atoms with E-state index in [1.165, 1.54) is 9.36 Å². The molecule has 0 atom stereocenters. The SMILES string of the molecule is C=c1[nH]n(-c2ccccc2)c(=O)/c1=C/c1c(C)[nH]n(-c2ccccc2)c1=O. The molecule has 2 aromatic heterocycles. The van der Waals surface area contributed by atoms with Gasteiger partial charge in [0.25, 0.3) is 11.1 Å². The van der Waals surface area contributed by atoms with Crippen molar-refractivity contribution < 1.29 is 0 Å². The number of para-hydroxylation sites is 2. The highest BCUT2D eigenvalue weighted by Crippen LogP contribution is 2.07. The van der Waals surface area contributed by atoms with Crippen LogP contribution in [-0.4, -0.2) is 19.6 Å². The van der Waals surface area contributed by atoms with Crippen LogP contribution in [0.2, 0.25) is 0 Å². The maximum Gasteiger partial charge on any atom is 0.279 e. The maximum atomic E-state index is 12.9. The first-order chi connectivity index (χ1) is 13.1. The summed E-state index contributed by atoms with van der Waals surface area (Å²) in [4.78, 5) is 25.7. The van der Waals surface area contributed by atoms with Gasteiger partial charge in [0, 0.05) is 5.69 Å². The molecule has 0 amide bonds. The third-order valence-corrected chi connectivity index (χ3v) is 4.44. The highest BCUT2D eigenvalue weighted by atomic mass is 16.1. The predicted molar refractivity (Wildman–Crippen MR) is 106 cm³/mol. The van der Waals surface area contributed by atoms with E-state index in [9.17, 15) is 9.59 Å². The van der Waals surface area contributed by atoms with Crippen molar-refractivity contribution in [2.24, 2.45) is 0 Å². The summed E-state index contributed by atoms with van der Waals surface area (Å²) in [6.45, 7) is 5.72. The van der Waals surface area contributed by atoms with Gasteiger partial charge in [0.15, 0.2) is 0 Å². The molecule has 4 rings (SSSR count). The average Bonchev–Trinajstić information content (AvgIpc) is 3.14. The summed E-state index contributed by atoms with van der Waals surface area (Å²) < 4.78 is 2.89. The Labute approximate surface area is 154 Å². The number of aromatic amines is 2. The predicted octanol–water partition coefficient (Wildman–Crippen LogP) is 1.19. The minimum atomic E-state index is -0.252. The lowest BCUT2D eigenvalue weighted by Gasteiger charge is -1.99. The Hall–Kier alpha value is -3.80. The molecule has 2 N–H and O–H groups in total. The zero-order valence-corrected chi connectivity index (χ0v) is 14.8. The standard InChI is InChI=1S/C21H18N4O2/c1-14-18(20(26)24(22-14)16-9-5-3-6-10-16)13-19-15(2)23-25(21(19)27)17-11-7-4-8-12-17/h3-13,22-23H,1H2,2H3/b18-13+. The van der Waals surface area contributed by atoms with E-state index in [0.29, 0.717) is 27.5 Å². The fourth-order valence-corrected chi connectivity index (χ4v) is 3.04. The van der Waals surface area contributed by atoms with Gasteiger partial charge in [-0.1, -0.05) is 43.0 Å². The molecule has 0 radical (unpaired) electrons. The third-order valence-electron chi connectivity index (χ3n) is 4.44. The molecule has 0 aliphatic rings. The molecule has 0 fully saturated rings. The molecular formula is C21H18N4O2. The lowest BCUT2D eigenvalue weighted by atomic mass is 10.2. The van der Waals surface area contributed by atoms with Crippen LogP contribution >= 0.6 is 0 Å². The summed E-state index contributed by atoms with van der Waals surface area (Å²) in [6, 6.07) is 18.5.